The predicted molar refractivity (Wildman–Crippen MR) is 406 cm³/mol. The summed E-state index contributed by atoms with van der Waals surface area (Å²) < 4.78 is 46.5. The van der Waals surface area contributed by atoms with Crippen molar-refractivity contribution in [2.75, 3.05) is 19.0 Å². The number of carbonyl (C=O) groups is 1. The van der Waals surface area contributed by atoms with Gasteiger partial charge in [0, 0.05) is 145 Å². The van der Waals surface area contributed by atoms with Gasteiger partial charge in [-0.25, -0.2) is 41.3 Å². The molecule has 0 unspecified atom stereocenters. The third kappa shape index (κ3) is 20.8. The van der Waals surface area contributed by atoms with Crippen LogP contribution in [0.2, 0.25) is 0 Å². The highest BCUT2D eigenvalue weighted by Gasteiger charge is 2.21. The van der Waals surface area contributed by atoms with Crippen molar-refractivity contribution in [3.8, 4) is 0 Å². The lowest BCUT2D eigenvalue weighted by atomic mass is 10.1. The van der Waals surface area contributed by atoms with Crippen LogP contribution in [0.1, 0.15) is 15.9 Å². The molecular weight excluding hydrogens is 1380 g/mol. The van der Waals surface area contributed by atoms with Crippen LogP contribution in [0, 0.1) is 47.4 Å². The van der Waals surface area contributed by atoms with E-state index in [4.69, 9.17) is 9.66 Å². The Labute approximate surface area is 615 Å². The van der Waals surface area contributed by atoms with Crippen LogP contribution < -0.4 is 41.4 Å². The van der Waals surface area contributed by atoms with Crippen molar-refractivity contribution in [1.29, 1.82) is 0 Å². The molecule has 2 N–H and O–H groups in total. The van der Waals surface area contributed by atoms with E-state index in [9.17, 15) is 53.7 Å². The number of carboxylic acid groups (broad SMARTS) is 1. The second-order valence-electron chi connectivity index (χ2n) is 24.8. The van der Waals surface area contributed by atoms with Crippen LogP contribution in [0.25, 0.3) is 75.9 Å². The number of hydrogen-bond acceptors (Lipinski definition) is 12. The molecule has 0 amide bonds. The first kappa shape index (κ1) is 79.0. The van der Waals surface area contributed by atoms with Gasteiger partial charge in [-0.3, -0.25) is 45.0 Å². The molecule has 0 spiro atoms. The number of fused-ring (bicyclic) bond motifs is 7. The largest absolute Gasteiger partial charge is 0.478 e. The van der Waals surface area contributed by atoms with Gasteiger partial charge in [0.1, 0.15) is 72.0 Å². The van der Waals surface area contributed by atoms with Crippen LogP contribution in [0.3, 0.4) is 0 Å². The van der Waals surface area contributed by atoms with E-state index in [0.717, 1.165) is 43.6 Å². The average molecular weight is 1460 g/mol. The fourth-order valence-electron chi connectivity index (χ4n) is 11.4. The summed E-state index contributed by atoms with van der Waals surface area (Å²) in [7, 11) is 15.3. The third-order valence-electron chi connectivity index (χ3n) is 16.8. The first-order valence-electron chi connectivity index (χ1n) is 32.9. The molecule has 0 radical (unpaired) electrons. The van der Waals surface area contributed by atoms with Crippen molar-refractivity contribution >= 4 is 120 Å². The Balaban J connectivity index is 0.000000155. The number of rotatable bonds is 7. The lowest BCUT2D eigenvalue weighted by molar-refractivity contribution is -0.671. The van der Waals surface area contributed by atoms with Crippen molar-refractivity contribution < 1.29 is 79.1 Å². The van der Waals surface area contributed by atoms with Gasteiger partial charge in [0.15, 0.2) is 74.4 Å². The van der Waals surface area contributed by atoms with Gasteiger partial charge in [-0.15, -0.1) is 0 Å². The summed E-state index contributed by atoms with van der Waals surface area (Å²) in [5.74, 6) is -0.887. The quantitative estimate of drug-likeness (QED) is 0.0649. The fraction of sp³-hybridized carbons (Fsp3) is 0.138. The number of nitrogens with zero attached hydrogens (tertiary/aromatic N) is 13. The summed E-state index contributed by atoms with van der Waals surface area (Å²) in [6, 6.07) is 61.5. The highest BCUT2D eigenvalue weighted by atomic mass is 32.2. The van der Waals surface area contributed by atoms with Crippen LogP contribution in [0.15, 0.2) is 286 Å². The lowest BCUT2D eigenvalue weighted by Gasteiger charge is -2.09. The number of nitro benzene ring substituents is 4. The lowest BCUT2D eigenvalue weighted by Crippen LogP contribution is -2.28. The zero-order valence-corrected chi connectivity index (χ0v) is 61.5. The van der Waals surface area contributed by atoms with E-state index >= 15 is 0 Å². The Hall–Kier alpha value is -13.7. The number of nitro groups is 4. The Morgan fingerprint density at radius 3 is 1.41 bits per heavy atom. The average Bonchev–Trinajstić information content (AvgIpc) is 0.837. The van der Waals surface area contributed by atoms with E-state index in [2.05, 4.69) is 64.3 Å². The minimum Gasteiger partial charge on any atom is -0.478 e. The van der Waals surface area contributed by atoms with E-state index < -0.39 is 16.1 Å². The molecule has 7 aromatic carbocycles. The number of pyridine rings is 8. The first-order chi connectivity index (χ1) is 50.9. The summed E-state index contributed by atoms with van der Waals surface area (Å²) in [4.78, 5) is 54.4. The minimum absolute atomic E-state index is 0.0550. The molecule has 107 heavy (non-hydrogen) atoms. The van der Waals surface area contributed by atoms with Crippen molar-refractivity contribution in [3.05, 3.63) is 332 Å². The number of aryl methyl sites for hydroxylation is 9. The van der Waals surface area contributed by atoms with Gasteiger partial charge in [0.05, 0.1) is 46.8 Å². The topological polar surface area (TPSA) is 299 Å². The van der Waals surface area contributed by atoms with Crippen LogP contribution >= 0.6 is 0 Å². The number of carboxylic acids is 1. The van der Waals surface area contributed by atoms with Gasteiger partial charge in [-0.1, -0.05) is 42.5 Å². The summed E-state index contributed by atoms with van der Waals surface area (Å²) >= 11 is 0. The number of aromatic carboxylic acids is 1. The molecule has 0 aliphatic rings. The number of anilines is 1. The van der Waals surface area contributed by atoms with Crippen molar-refractivity contribution in [2.24, 2.45) is 56.4 Å². The molecule has 15 rings (SSSR count). The molecule has 26 nitrogen and oxygen atoms in total. The van der Waals surface area contributed by atoms with Crippen molar-refractivity contribution in [1.82, 2.24) is 0 Å². The van der Waals surface area contributed by atoms with Crippen molar-refractivity contribution in [2.45, 2.75) is 11.8 Å². The summed E-state index contributed by atoms with van der Waals surface area (Å²) in [6.45, 7) is 1.75. The molecule has 542 valence electrons. The summed E-state index contributed by atoms with van der Waals surface area (Å²) in [6.07, 6.45) is 22.9. The maximum absolute atomic E-state index is 11.1. The molecule has 0 atom stereocenters. The first-order valence-corrected chi connectivity index (χ1v) is 34.4. The van der Waals surface area contributed by atoms with Gasteiger partial charge < -0.3 is 10.0 Å². The van der Waals surface area contributed by atoms with Crippen molar-refractivity contribution in [3.63, 3.8) is 0 Å². The van der Waals surface area contributed by atoms with Gasteiger partial charge in [-0.05, 0) is 73.0 Å². The van der Waals surface area contributed by atoms with E-state index in [-0.39, 0.29) is 47.3 Å². The molecule has 15 aromatic rings. The van der Waals surface area contributed by atoms with E-state index in [1.807, 2.05) is 200 Å². The zero-order chi connectivity index (χ0) is 77.8. The van der Waals surface area contributed by atoms with Gasteiger partial charge >= 0.3 is 5.97 Å². The summed E-state index contributed by atoms with van der Waals surface area (Å²) in [5.41, 5.74) is 6.55. The van der Waals surface area contributed by atoms with Crippen LogP contribution in [0.4, 0.5) is 28.4 Å². The maximum Gasteiger partial charge on any atom is 0.336 e. The second kappa shape index (κ2) is 36.0. The van der Waals surface area contributed by atoms with E-state index in [0.29, 0.717) is 32.7 Å². The third-order valence-corrected chi connectivity index (χ3v) is 17.7. The highest BCUT2D eigenvalue weighted by molar-refractivity contribution is 7.86. The molecule has 27 heteroatoms. The standard InChI is InChI=1S/C11H11N2O2.C11H9NO2.3C10H9N2O2.C10H9NO3S.C10H10N.C8H13N2/c1-8-5-6-10-9(11(8)13(14)15)4-3-7-12(10)2;1-12-7-6-9(11(13)14)8-4-2-3-5-10(8)12;1-11-7-3-4-8-9(11)5-2-6-10(8)12(13)14;1-11-6-2-3-8-7-9(12(13)14)4-5-10(8)11;1-11-6-5-9-8(7-11)3-2-4-10(9)12(13)14;1-11-6-5-9-8(7-11)3-2-4-10(9)15(12,13)14;1-11-7-6-9-4-2-3-5-10(9)8-11;1-9(2)8-4-6-10(3)7-5-8/h3-7H,1-2H3;4*2-7H,1H3;2-7H,1H3;2-8H,1H3;4-7H,1-3H3/q+1;;3*+1;;2*+1/p+2. The van der Waals surface area contributed by atoms with Crippen LogP contribution in [-0.2, 0) is 66.5 Å². The number of hydrogen-bond donors (Lipinski definition) is 2. The molecule has 0 aliphatic carbocycles. The van der Waals surface area contributed by atoms with E-state index in [1.165, 1.54) is 40.7 Å². The Kier molecular flexibility index (Phi) is 26.6. The van der Waals surface area contributed by atoms with Gasteiger partial charge in [-0.2, -0.15) is 8.42 Å². The Bertz CT molecular complexity index is 5880. The molecular formula is C80H81N13O13S+8. The molecule has 0 fully saturated rings. The molecule has 0 bridgehead atoms. The maximum atomic E-state index is 11.1. The number of aromatic nitrogens is 8. The number of para-hydroxylation sites is 1. The van der Waals surface area contributed by atoms with Crippen LogP contribution in [0.5, 0.6) is 0 Å². The minimum atomic E-state index is -4.15. The normalized spacial score (nSPS) is 10.5. The zero-order valence-electron chi connectivity index (χ0n) is 60.7. The summed E-state index contributed by atoms with van der Waals surface area (Å²) in [5, 5.41) is 60.3. The number of benzene rings is 7. The Morgan fingerprint density at radius 2 is 0.822 bits per heavy atom. The monoisotopic (exact) mass is 1460 g/mol. The second-order valence-corrected chi connectivity index (χ2v) is 26.1. The fourth-order valence-corrected chi connectivity index (χ4v) is 12.1. The molecule has 8 heterocycles. The highest BCUT2D eigenvalue weighted by Crippen LogP contribution is 2.28. The molecule has 8 aromatic heterocycles. The molecule has 0 saturated heterocycles. The van der Waals surface area contributed by atoms with Gasteiger partial charge in [0.2, 0.25) is 22.1 Å². The van der Waals surface area contributed by atoms with Gasteiger partial charge in [0.25, 0.3) is 32.9 Å². The molecule has 0 aliphatic heterocycles. The molecule has 0 saturated carbocycles. The Morgan fingerprint density at radius 1 is 0.383 bits per heavy atom. The van der Waals surface area contributed by atoms with E-state index in [1.54, 1.807) is 111 Å². The predicted octanol–water partition coefficient (Wildman–Crippen LogP) is 11.1. The van der Waals surface area contributed by atoms with Crippen LogP contribution in [-0.4, -0.2) is 57.8 Å². The smallest absolute Gasteiger partial charge is 0.336 e. The SMILES string of the molecule is CN(C)c1cc[n+](C)cc1.C[n+]1ccc(C(=O)O)c2ccccc21.C[n+]1ccc2c(S(=O)(=O)O)cccc2c1.C[n+]1ccc2c([N+](=O)[O-])cccc2c1.C[n+]1ccc2ccccc2c1.C[n+]1cccc2c([N+](=O)[O-])cccc21.C[n+]1cccc2cc([N+](=O)[O-])ccc21.Cc1ccc2c(ccc[n+]2C)c1[N+](=O)[O-]. The number of non-ortho nitro benzene ring substituents is 3.